The van der Waals surface area contributed by atoms with Crippen molar-refractivity contribution in [2.75, 3.05) is 25.1 Å². The maximum absolute atomic E-state index is 9.30. The number of nitrogens with zero attached hydrogens (tertiary/aromatic N) is 1. The molecule has 2 rings (SSSR count). The number of piperidine rings is 1. The Balaban J connectivity index is 2.07. The number of para-hydroxylation sites is 1. The average Bonchev–Trinajstić information content (AvgIpc) is 2.39. The molecule has 0 atom stereocenters. The van der Waals surface area contributed by atoms with E-state index in [1.54, 1.807) is 7.11 Å². The fraction of sp³-hybridized carbons (Fsp3) is 0.538. The van der Waals surface area contributed by atoms with E-state index < -0.39 is 0 Å². The predicted octanol–water partition coefficient (Wildman–Crippen LogP) is 1.79. The van der Waals surface area contributed by atoms with Crippen LogP contribution in [-0.4, -0.2) is 31.4 Å². The van der Waals surface area contributed by atoms with Crippen molar-refractivity contribution >= 4 is 5.69 Å². The summed E-state index contributed by atoms with van der Waals surface area (Å²) in [5.41, 5.74) is 2.18. The summed E-state index contributed by atoms with van der Waals surface area (Å²) in [4.78, 5) is 2.33. The maximum atomic E-state index is 9.30. The van der Waals surface area contributed by atoms with Gasteiger partial charge < -0.3 is 14.7 Å². The van der Waals surface area contributed by atoms with E-state index in [2.05, 4.69) is 11.0 Å². The number of hydrogen-bond acceptors (Lipinski definition) is 3. The lowest BCUT2D eigenvalue weighted by Crippen LogP contribution is -2.37. The molecule has 1 saturated heterocycles. The van der Waals surface area contributed by atoms with Gasteiger partial charge in [0, 0.05) is 31.5 Å². The minimum Gasteiger partial charge on any atom is -0.392 e. The first-order valence-electron chi connectivity index (χ1n) is 5.81. The second-order valence-electron chi connectivity index (χ2n) is 4.21. The van der Waals surface area contributed by atoms with E-state index in [0.29, 0.717) is 6.10 Å². The zero-order valence-corrected chi connectivity index (χ0v) is 9.72. The Morgan fingerprint density at radius 1 is 1.31 bits per heavy atom. The van der Waals surface area contributed by atoms with Gasteiger partial charge in [-0.15, -0.1) is 0 Å². The van der Waals surface area contributed by atoms with Crippen LogP contribution in [0.1, 0.15) is 18.4 Å². The van der Waals surface area contributed by atoms with E-state index in [9.17, 15) is 5.11 Å². The third-order valence-electron chi connectivity index (χ3n) is 3.28. The Morgan fingerprint density at radius 3 is 2.62 bits per heavy atom. The Morgan fingerprint density at radius 2 is 2.00 bits per heavy atom. The molecule has 1 aromatic rings. The van der Waals surface area contributed by atoms with Crippen molar-refractivity contribution in [3.63, 3.8) is 0 Å². The van der Waals surface area contributed by atoms with Crippen LogP contribution in [0.5, 0.6) is 0 Å². The van der Waals surface area contributed by atoms with Crippen LogP contribution in [0.15, 0.2) is 24.3 Å². The van der Waals surface area contributed by atoms with E-state index in [-0.39, 0.29) is 6.61 Å². The van der Waals surface area contributed by atoms with Gasteiger partial charge >= 0.3 is 0 Å². The minimum absolute atomic E-state index is 0.111. The van der Waals surface area contributed by atoms with E-state index in [1.165, 1.54) is 5.69 Å². The van der Waals surface area contributed by atoms with Gasteiger partial charge in [0.2, 0.25) is 0 Å². The van der Waals surface area contributed by atoms with Gasteiger partial charge in [0.15, 0.2) is 0 Å². The highest BCUT2D eigenvalue weighted by molar-refractivity contribution is 5.53. The SMILES string of the molecule is COC1CCN(c2ccccc2CO)CC1. The predicted molar refractivity (Wildman–Crippen MR) is 64.6 cm³/mol. The molecule has 16 heavy (non-hydrogen) atoms. The molecular formula is C13H19NO2. The first-order valence-corrected chi connectivity index (χ1v) is 5.81. The summed E-state index contributed by atoms with van der Waals surface area (Å²) in [6.45, 7) is 2.13. The van der Waals surface area contributed by atoms with Crippen LogP contribution in [0, 0.1) is 0 Å². The molecule has 0 aromatic heterocycles. The molecule has 1 aliphatic rings. The fourth-order valence-electron chi connectivity index (χ4n) is 2.29. The van der Waals surface area contributed by atoms with Crippen molar-refractivity contribution in [2.24, 2.45) is 0 Å². The second kappa shape index (κ2) is 5.32. The summed E-state index contributed by atoms with van der Waals surface area (Å²) in [5.74, 6) is 0. The first kappa shape index (κ1) is 11.4. The second-order valence-corrected chi connectivity index (χ2v) is 4.21. The molecule has 1 N–H and O–H groups in total. The minimum atomic E-state index is 0.111. The van der Waals surface area contributed by atoms with Gasteiger partial charge in [0.1, 0.15) is 0 Å². The molecule has 88 valence electrons. The van der Waals surface area contributed by atoms with Crippen LogP contribution >= 0.6 is 0 Å². The maximum Gasteiger partial charge on any atom is 0.0702 e. The number of anilines is 1. The monoisotopic (exact) mass is 221 g/mol. The van der Waals surface area contributed by atoms with Crippen molar-refractivity contribution in [1.82, 2.24) is 0 Å². The van der Waals surface area contributed by atoms with Crippen LogP contribution in [-0.2, 0) is 11.3 Å². The van der Waals surface area contributed by atoms with E-state index in [0.717, 1.165) is 31.5 Å². The molecule has 0 saturated carbocycles. The summed E-state index contributed by atoms with van der Waals surface area (Å²) in [6, 6.07) is 8.06. The van der Waals surface area contributed by atoms with E-state index in [4.69, 9.17) is 4.74 Å². The lowest BCUT2D eigenvalue weighted by molar-refractivity contribution is 0.0818. The summed E-state index contributed by atoms with van der Waals surface area (Å²) < 4.78 is 5.36. The number of aliphatic hydroxyl groups is 1. The highest BCUT2D eigenvalue weighted by Crippen LogP contribution is 2.24. The Hall–Kier alpha value is -1.06. The molecule has 3 nitrogen and oxygen atoms in total. The zero-order valence-electron chi connectivity index (χ0n) is 9.72. The van der Waals surface area contributed by atoms with Crippen LogP contribution in [0.25, 0.3) is 0 Å². The van der Waals surface area contributed by atoms with E-state index >= 15 is 0 Å². The van der Waals surface area contributed by atoms with Gasteiger partial charge in [-0.3, -0.25) is 0 Å². The lowest BCUT2D eigenvalue weighted by atomic mass is 10.1. The summed E-state index contributed by atoms with van der Waals surface area (Å²) in [6.07, 6.45) is 2.53. The molecule has 1 aliphatic heterocycles. The average molecular weight is 221 g/mol. The number of hydrogen-bond donors (Lipinski definition) is 1. The number of ether oxygens (including phenoxy) is 1. The Kier molecular flexibility index (Phi) is 3.80. The Labute approximate surface area is 96.6 Å². The normalized spacial score (nSPS) is 17.8. The van der Waals surface area contributed by atoms with Gasteiger partial charge in [-0.25, -0.2) is 0 Å². The molecular weight excluding hydrogens is 202 g/mol. The number of methoxy groups -OCH3 is 1. The topological polar surface area (TPSA) is 32.7 Å². The molecule has 0 unspecified atom stereocenters. The van der Waals surface area contributed by atoms with Crippen molar-refractivity contribution in [2.45, 2.75) is 25.6 Å². The van der Waals surface area contributed by atoms with Gasteiger partial charge in [0.25, 0.3) is 0 Å². The number of aliphatic hydroxyl groups excluding tert-OH is 1. The third kappa shape index (κ3) is 2.36. The van der Waals surface area contributed by atoms with Crippen LogP contribution in [0.4, 0.5) is 5.69 Å². The fourth-order valence-corrected chi connectivity index (χ4v) is 2.29. The first-order chi connectivity index (χ1) is 7.85. The van der Waals surface area contributed by atoms with Gasteiger partial charge in [-0.1, -0.05) is 18.2 Å². The highest BCUT2D eigenvalue weighted by atomic mass is 16.5. The van der Waals surface area contributed by atoms with Crippen molar-refractivity contribution < 1.29 is 9.84 Å². The molecule has 0 aliphatic carbocycles. The van der Waals surface area contributed by atoms with Crippen LogP contribution < -0.4 is 4.90 Å². The summed E-state index contributed by atoms with van der Waals surface area (Å²) >= 11 is 0. The lowest BCUT2D eigenvalue weighted by Gasteiger charge is -2.34. The standard InChI is InChI=1S/C13H19NO2/c1-16-12-6-8-14(9-7-12)13-5-3-2-4-11(13)10-15/h2-5,12,15H,6-10H2,1H3. The zero-order chi connectivity index (χ0) is 11.4. The number of benzene rings is 1. The smallest absolute Gasteiger partial charge is 0.0702 e. The highest BCUT2D eigenvalue weighted by Gasteiger charge is 2.19. The molecule has 1 fully saturated rings. The molecule has 0 bridgehead atoms. The largest absolute Gasteiger partial charge is 0.392 e. The van der Waals surface area contributed by atoms with Gasteiger partial charge in [0.05, 0.1) is 12.7 Å². The summed E-state index contributed by atoms with van der Waals surface area (Å²) in [7, 11) is 1.78. The van der Waals surface area contributed by atoms with E-state index in [1.807, 2.05) is 18.2 Å². The van der Waals surface area contributed by atoms with Crippen molar-refractivity contribution in [3.8, 4) is 0 Å². The molecule has 0 amide bonds. The molecule has 1 aromatic carbocycles. The molecule has 0 spiro atoms. The van der Waals surface area contributed by atoms with Crippen molar-refractivity contribution in [1.29, 1.82) is 0 Å². The quantitative estimate of drug-likeness (QED) is 0.844. The summed E-state index contributed by atoms with van der Waals surface area (Å²) in [5, 5.41) is 9.30. The molecule has 0 radical (unpaired) electrons. The number of rotatable bonds is 3. The van der Waals surface area contributed by atoms with Gasteiger partial charge in [-0.05, 0) is 18.9 Å². The Bertz CT molecular complexity index is 332. The van der Waals surface area contributed by atoms with Gasteiger partial charge in [-0.2, -0.15) is 0 Å². The van der Waals surface area contributed by atoms with Crippen molar-refractivity contribution in [3.05, 3.63) is 29.8 Å². The van der Waals surface area contributed by atoms with Crippen LogP contribution in [0.2, 0.25) is 0 Å². The third-order valence-corrected chi connectivity index (χ3v) is 3.28. The molecule has 3 heteroatoms. The van der Waals surface area contributed by atoms with Crippen LogP contribution in [0.3, 0.4) is 0 Å². The molecule has 1 heterocycles.